The smallest absolute Gasteiger partial charge is 0.0918 e. The lowest BCUT2D eigenvalue weighted by Crippen LogP contribution is -1.85. The summed E-state index contributed by atoms with van der Waals surface area (Å²) < 4.78 is 0.862. The van der Waals surface area contributed by atoms with Crippen LogP contribution < -0.4 is 0 Å². The molecule has 0 spiro atoms. The normalized spacial score (nSPS) is 10.9. The minimum absolute atomic E-state index is 0.558. The van der Waals surface area contributed by atoms with E-state index in [9.17, 15) is 0 Å². The molecular formula is C9H3Cl3IN. The van der Waals surface area contributed by atoms with Gasteiger partial charge < -0.3 is 0 Å². The van der Waals surface area contributed by atoms with Crippen LogP contribution in [0.25, 0.3) is 10.9 Å². The Bertz CT molecular complexity index is 513. The third kappa shape index (κ3) is 1.69. The number of benzene rings is 1. The summed E-state index contributed by atoms with van der Waals surface area (Å²) in [4.78, 5) is 4.19. The van der Waals surface area contributed by atoms with E-state index in [-0.39, 0.29) is 0 Å². The molecule has 0 saturated heterocycles. The summed E-state index contributed by atoms with van der Waals surface area (Å²) >= 11 is 20.2. The Morgan fingerprint density at radius 2 is 1.71 bits per heavy atom. The van der Waals surface area contributed by atoms with Crippen molar-refractivity contribution in [2.75, 3.05) is 0 Å². The predicted octanol–water partition coefficient (Wildman–Crippen LogP) is 4.80. The van der Waals surface area contributed by atoms with Crippen LogP contribution in [0.4, 0.5) is 0 Å². The monoisotopic (exact) mass is 357 g/mol. The number of nitrogens with zero attached hydrogens (tertiary/aromatic N) is 1. The Labute approximate surface area is 110 Å². The summed E-state index contributed by atoms with van der Waals surface area (Å²) in [5.74, 6) is 0. The first-order chi connectivity index (χ1) is 6.61. The van der Waals surface area contributed by atoms with E-state index in [4.69, 9.17) is 34.8 Å². The zero-order chi connectivity index (χ0) is 10.3. The molecule has 5 heteroatoms. The minimum Gasteiger partial charge on any atom is -0.253 e. The standard InChI is InChI=1S/C9H3Cl3IN/c10-4-1-2-5(11)9-7(4)8(12)6(13)3-14-9/h1-3H. The van der Waals surface area contributed by atoms with Crippen LogP contribution in [-0.2, 0) is 0 Å². The van der Waals surface area contributed by atoms with Gasteiger partial charge in [-0.3, -0.25) is 4.98 Å². The molecule has 0 N–H and O–H groups in total. The molecule has 1 heterocycles. The summed E-state index contributed by atoms with van der Waals surface area (Å²) in [7, 11) is 0. The average Bonchev–Trinajstić information content (AvgIpc) is 2.16. The molecule has 2 rings (SSSR count). The van der Waals surface area contributed by atoms with Crippen molar-refractivity contribution in [3.63, 3.8) is 0 Å². The number of rotatable bonds is 0. The van der Waals surface area contributed by atoms with Gasteiger partial charge in [-0.05, 0) is 34.7 Å². The van der Waals surface area contributed by atoms with Crippen LogP contribution in [-0.4, -0.2) is 4.98 Å². The number of hydrogen-bond acceptors (Lipinski definition) is 1. The van der Waals surface area contributed by atoms with Crippen LogP contribution in [0.5, 0.6) is 0 Å². The number of pyridine rings is 1. The molecule has 72 valence electrons. The van der Waals surface area contributed by atoms with E-state index in [0.717, 1.165) is 3.57 Å². The Morgan fingerprint density at radius 3 is 2.43 bits per heavy atom. The molecule has 0 unspecified atom stereocenters. The predicted molar refractivity (Wildman–Crippen MR) is 69.5 cm³/mol. The van der Waals surface area contributed by atoms with Gasteiger partial charge in [0.1, 0.15) is 0 Å². The fraction of sp³-hybridized carbons (Fsp3) is 0. The summed E-state index contributed by atoms with van der Waals surface area (Å²) in [6.45, 7) is 0. The van der Waals surface area contributed by atoms with Crippen molar-refractivity contribution in [2.45, 2.75) is 0 Å². The Morgan fingerprint density at radius 1 is 1.07 bits per heavy atom. The molecule has 1 aromatic heterocycles. The van der Waals surface area contributed by atoms with Crippen LogP contribution in [0, 0.1) is 3.57 Å². The second kappa shape index (κ2) is 4.00. The zero-order valence-corrected chi connectivity index (χ0v) is 11.1. The summed E-state index contributed by atoms with van der Waals surface area (Å²) in [5, 5.41) is 2.44. The van der Waals surface area contributed by atoms with E-state index in [1.165, 1.54) is 0 Å². The molecule has 1 nitrogen and oxygen atoms in total. The highest BCUT2D eigenvalue weighted by molar-refractivity contribution is 14.1. The van der Waals surface area contributed by atoms with Gasteiger partial charge in [-0.1, -0.05) is 34.8 Å². The first kappa shape index (κ1) is 10.7. The minimum atomic E-state index is 0.558. The highest BCUT2D eigenvalue weighted by Crippen LogP contribution is 2.35. The number of fused-ring (bicyclic) bond motifs is 1. The third-order valence-corrected chi connectivity index (χ3v) is 3.96. The van der Waals surface area contributed by atoms with Gasteiger partial charge in [0, 0.05) is 11.6 Å². The molecular weight excluding hydrogens is 355 g/mol. The van der Waals surface area contributed by atoms with Crippen LogP contribution >= 0.6 is 57.4 Å². The quantitative estimate of drug-likeness (QED) is 0.617. The van der Waals surface area contributed by atoms with Crippen molar-refractivity contribution in [3.8, 4) is 0 Å². The van der Waals surface area contributed by atoms with Gasteiger partial charge >= 0.3 is 0 Å². The highest BCUT2D eigenvalue weighted by atomic mass is 127. The number of aromatic nitrogens is 1. The van der Waals surface area contributed by atoms with Crippen molar-refractivity contribution >= 4 is 68.3 Å². The van der Waals surface area contributed by atoms with Crippen LogP contribution in [0.15, 0.2) is 18.3 Å². The van der Waals surface area contributed by atoms with Gasteiger partial charge in [0.2, 0.25) is 0 Å². The zero-order valence-electron chi connectivity index (χ0n) is 6.69. The fourth-order valence-corrected chi connectivity index (χ4v) is 2.32. The van der Waals surface area contributed by atoms with Crippen LogP contribution in [0.2, 0.25) is 15.1 Å². The molecule has 0 saturated carbocycles. The van der Waals surface area contributed by atoms with E-state index in [1.807, 2.05) is 0 Å². The van der Waals surface area contributed by atoms with E-state index in [0.29, 0.717) is 26.0 Å². The van der Waals surface area contributed by atoms with Crippen LogP contribution in [0.1, 0.15) is 0 Å². The second-order valence-corrected chi connectivity index (χ2v) is 5.03. The van der Waals surface area contributed by atoms with Gasteiger partial charge in [0.25, 0.3) is 0 Å². The Hall–Kier alpha value is 0.230. The first-order valence-electron chi connectivity index (χ1n) is 3.69. The molecule has 14 heavy (non-hydrogen) atoms. The lowest BCUT2D eigenvalue weighted by Gasteiger charge is -2.05. The average molecular weight is 358 g/mol. The van der Waals surface area contributed by atoms with Gasteiger partial charge in [0.05, 0.1) is 24.2 Å². The SMILES string of the molecule is Clc1ccc(Cl)c2c(Cl)c(I)cnc12. The molecule has 0 aliphatic carbocycles. The van der Waals surface area contributed by atoms with Crippen molar-refractivity contribution < 1.29 is 0 Å². The van der Waals surface area contributed by atoms with E-state index in [2.05, 4.69) is 27.6 Å². The lowest BCUT2D eigenvalue weighted by molar-refractivity contribution is 1.39. The molecule has 0 aliphatic rings. The maximum Gasteiger partial charge on any atom is 0.0918 e. The molecule has 0 atom stereocenters. The fourth-order valence-electron chi connectivity index (χ4n) is 1.17. The molecule has 2 aromatic rings. The molecule has 0 aliphatic heterocycles. The van der Waals surface area contributed by atoms with Gasteiger partial charge in [0.15, 0.2) is 0 Å². The topological polar surface area (TPSA) is 12.9 Å². The molecule has 0 fully saturated rings. The van der Waals surface area contributed by atoms with Gasteiger partial charge in [-0.15, -0.1) is 0 Å². The highest BCUT2D eigenvalue weighted by Gasteiger charge is 2.10. The molecule has 0 radical (unpaired) electrons. The Balaban J connectivity index is 3.01. The first-order valence-corrected chi connectivity index (χ1v) is 5.90. The molecule has 1 aromatic carbocycles. The van der Waals surface area contributed by atoms with E-state index in [1.54, 1.807) is 18.3 Å². The van der Waals surface area contributed by atoms with Crippen molar-refractivity contribution in [1.29, 1.82) is 0 Å². The van der Waals surface area contributed by atoms with Gasteiger partial charge in [-0.2, -0.15) is 0 Å². The maximum atomic E-state index is 6.11. The maximum absolute atomic E-state index is 6.11. The molecule has 0 bridgehead atoms. The summed E-state index contributed by atoms with van der Waals surface area (Å²) in [5.41, 5.74) is 0.643. The summed E-state index contributed by atoms with van der Waals surface area (Å²) in [6.07, 6.45) is 1.67. The van der Waals surface area contributed by atoms with E-state index >= 15 is 0 Å². The second-order valence-electron chi connectivity index (χ2n) is 2.67. The largest absolute Gasteiger partial charge is 0.253 e. The van der Waals surface area contributed by atoms with Crippen molar-refractivity contribution in [3.05, 3.63) is 37.0 Å². The van der Waals surface area contributed by atoms with Crippen LogP contribution in [0.3, 0.4) is 0 Å². The lowest BCUT2D eigenvalue weighted by atomic mass is 10.2. The summed E-state index contributed by atoms with van der Waals surface area (Å²) in [6, 6.07) is 3.43. The number of halogens is 4. The van der Waals surface area contributed by atoms with Crippen molar-refractivity contribution in [1.82, 2.24) is 4.98 Å². The Kier molecular flexibility index (Phi) is 3.07. The third-order valence-electron chi connectivity index (χ3n) is 1.81. The van der Waals surface area contributed by atoms with Crippen molar-refractivity contribution in [2.24, 2.45) is 0 Å². The number of hydrogen-bond donors (Lipinski definition) is 0. The van der Waals surface area contributed by atoms with E-state index < -0.39 is 0 Å². The molecule has 0 amide bonds. The van der Waals surface area contributed by atoms with Gasteiger partial charge in [-0.25, -0.2) is 0 Å².